The highest BCUT2D eigenvalue weighted by atomic mass is 32.1. The Kier molecular flexibility index (Phi) is 4.67. The molecule has 1 N–H and O–H groups in total. The molecule has 3 aromatic rings. The summed E-state index contributed by atoms with van der Waals surface area (Å²) in [5.41, 5.74) is 1.95. The van der Waals surface area contributed by atoms with E-state index in [1.54, 1.807) is 30.3 Å². The van der Waals surface area contributed by atoms with Crippen molar-refractivity contribution in [1.29, 1.82) is 0 Å². The topological polar surface area (TPSA) is 68.3 Å². The molecule has 1 aromatic heterocycles. The Balaban J connectivity index is 1.65. The van der Waals surface area contributed by atoms with E-state index in [1.165, 1.54) is 24.5 Å². The summed E-state index contributed by atoms with van der Waals surface area (Å²) in [4.78, 5) is 27.7. The molecule has 1 amide bonds. The molecule has 0 radical (unpaired) electrons. The number of rotatable bonds is 4. The summed E-state index contributed by atoms with van der Waals surface area (Å²) in [7, 11) is 1.32. The third-order valence-electron chi connectivity index (χ3n) is 3.26. The molecular formula is C18H14N2O3S. The summed E-state index contributed by atoms with van der Waals surface area (Å²) >= 11 is 1.52. The van der Waals surface area contributed by atoms with Crippen molar-refractivity contribution in [1.82, 2.24) is 4.98 Å². The van der Waals surface area contributed by atoms with E-state index in [9.17, 15) is 9.59 Å². The normalized spacial score (nSPS) is 10.9. The molecule has 24 heavy (non-hydrogen) atoms. The van der Waals surface area contributed by atoms with Gasteiger partial charge in [0.05, 0.1) is 22.9 Å². The Hall–Kier alpha value is -2.99. The van der Waals surface area contributed by atoms with Gasteiger partial charge in [-0.25, -0.2) is 9.78 Å². The minimum absolute atomic E-state index is 0.264. The molecule has 0 atom stereocenters. The van der Waals surface area contributed by atoms with Crippen LogP contribution in [0.15, 0.2) is 54.6 Å². The predicted molar refractivity (Wildman–Crippen MR) is 95.1 cm³/mol. The average molecular weight is 338 g/mol. The Bertz CT molecular complexity index is 880. The van der Waals surface area contributed by atoms with Crippen LogP contribution < -0.4 is 5.32 Å². The molecule has 0 unspecified atom stereocenters. The van der Waals surface area contributed by atoms with Crippen molar-refractivity contribution in [2.24, 2.45) is 0 Å². The van der Waals surface area contributed by atoms with Crippen LogP contribution in [0.2, 0.25) is 0 Å². The van der Waals surface area contributed by atoms with E-state index < -0.39 is 5.97 Å². The number of ether oxygens (including phenoxy) is 1. The van der Waals surface area contributed by atoms with E-state index in [0.717, 1.165) is 15.2 Å². The largest absolute Gasteiger partial charge is 0.465 e. The average Bonchev–Trinajstić information content (AvgIpc) is 3.03. The van der Waals surface area contributed by atoms with Gasteiger partial charge >= 0.3 is 5.97 Å². The number of fused-ring (bicyclic) bond motifs is 1. The van der Waals surface area contributed by atoms with Crippen molar-refractivity contribution in [3.63, 3.8) is 0 Å². The number of aromatic nitrogens is 1. The first-order valence-corrected chi connectivity index (χ1v) is 8.00. The number of nitrogens with zero attached hydrogens (tertiary/aromatic N) is 1. The van der Waals surface area contributed by atoms with Crippen molar-refractivity contribution in [3.05, 3.63) is 65.2 Å². The second-order valence-corrected chi connectivity index (χ2v) is 5.97. The lowest BCUT2D eigenvalue weighted by atomic mass is 10.2. The minimum Gasteiger partial charge on any atom is -0.465 e. The summed E-state index contributed by atoms with van der Waals surface area (Å²) < 4.78 is 5.71. The third kappa shape index (κ3) is 3.67. The van der Waals surface area contributed by atoms with Crippen LogP contribution in [0.5, 0.6) is 0 Å². The van der Waals surface area contributed by atoms with Crippen molar-refractivity contribution in [2.45, 2.75) is 0 Å². The SMILES string of the molecule is COC(=O)c1ccc(NC(=O)/C=C/c2nc3ccccc3s2)cc1. The highest BCUT2D eigenvalue weighted by molar-refractivity contribution is 7.19. The molecule has 0 bridgehead atoms. The zero-order valence-corrected chi connectivity index (χ0v) is 13.7. The molecule has 0 spiro atoms. The van der Waals surface area contributed by atoms with Gasteiger partial charge in [0.15, 0.2) is 0 Å². The van der Waals surface area contributed by atoms with Crippen LogP contribution in [-0.2, 0) is 9.53 Å². The van der Waals surface area contributed by atoms with E-state index in [0.29, 0.717) is 11.3 Å². The third-order valence-corrected chi connectivity index (χ3v) is 4.26. The number of hydrogen-bond acceptors (Lipinski definition) is 5. The van der Waals surface area contributed by atoms with Gasteiger partial charge in [0.25, 0.3) is 0 Å². The van der Waals surface area contributed by atoms with Crippen LogP contribution in [0.4, 0.5) is 5.69 Å². The number of thiazole rings is 1. The Morgan fingerprint density at radius 3 is 2.58 bits per heavy atom. The molecule has 0 saturated heterocycles. The molecule has 0 saturated carbocycles. The number of hydrogen-bond donors (Lipinski definition) is 1. The number of benzene rings is 2. The maximum Gasteiger partial charge on any atom is 0.337 e. The zero-order chi connectivity index (χ0) is 16.9. The number of carbonyl (C=O) groups excluding carboxylic acids is 2. The predicted octanol–water partition coefficient (Wildman–Crippen LogP) is 3.73. The van der Waals surface area contributed by atoms with Gasteiger partial charge in [-0.2, -0.15) is 0 Å². The maximum absolute atomic E-state index is 12.0. The maximum atomic E-state index is 12.0. The second-order valence-electron chi connectivity index (χ2n) is 4.91. The fourth-order valence-electron chi connectivity index (χ4n) is 2.10. The molecule has 3 rings (SSSR count). The van der Waals surface area contributed by atoms with Gasteiger partial charge in [-0.15, -0.1) is 11.3 Å². The Morgan fingerprint density at radius 1 is 1.12 bits per heavy atom. The highest BCUT2D eigenvalue weighted by Crippen LogP contribution is 2.22. The van der Waals surface area contributed by atoms with E-state index in [2.05, 4.69) is 15.0 Å². The summed E-state index contributed by atoms with van der Waals surface area (Å²) in [6.07, 6.45) is 3.12. The number of amides is 1. The number of methoxy groups -OCH3 is 1. The van der Waals surface area contributed by atoms with Gasteiger partial charge in [-0.3, -0.25) is 4.79 Å². The van der Waals surface area contributed by atoms with Crippen molar-refractivity contribution >= 4 is 45.2 Å². The summed E-state index contributed by atoms with van der Waals surface area (Å²) in [5.74, 6) is -0.677. The molecule has 2 aromatic carbocycles. The number of nitrogens with one attached hydrogen (secondary N) is 1. The van der Waals surface area contributed by atoms with E-state index in [1.807, 2.05) is 24.3 Å². The molecule has 0 aliphatic heterocycles. The van der Waals surface area contributed by atoms with Crippen molar-refractivity contribution < 1.29 is 14.3 Å². The van der Waals surface area contributed by atoms with Gasteiger partial charge in [0, 0.05) is 11.8 Å². The van der Waals surface area contributed by atoms with E-state index in [4.69, 9.17) is 0 Å². The minimum atomic E-state index is -0.413. The molecule has 5 nitrogen and oxygen atoms in total. The molecule has 0 aliphatic carbocycles. The highest BCUT2D eigenvalue weighted by Gasteiger charge is 2.05. The Morgan fingerprint density at radius 2 is 1.88 bits per heavy atom. The standard InChI is InChI=1S/C18H14N2O3S/c1-23-18(22)12-6-8-13(9-7-12)19-16(21)10-11-17-20-14-4-2-3-5-15(14)24-17/h2-11H,1H3,(H,19,21)/b11-10+. The van der Waals surface area contributed by atoms with Gasteiger partial charge in [-0.05, 0) is 42.5 Å². The lowest BCUT2D eigenvalue weighted by Crippen LogP contribution is -2.08. The monoisotopic (exact) mass is 338 g/mol. The Labute approximate surface area is 142 Å². The first-order valence-electron chi connectivity index (χ1n) is 7.19. The van der Waals surface area contributed by atoms with Crippen LogP contribution in [-0.4, -0.2) is 24.0 Å². The lowest BCUT2D eigenvalue weighted by Gasteiger charge is -2.03. The van der Waals surface area contributed by atoms with E-state index >= 15 is 0 Å². The van der Waals surface area contributed by atoms with Gasteiger partial charge < -0.3 is 10.1 Å². The fraction of sp³-hybridized carbons (Fsp3) is 0.0556. The van der Waals surface area contributed by atoms with E-state index in [-0.39, 0.29) is 5.91 Å². The van der Waals surface area contributed by atoms with Crippen LogP contribution >= 0.6 is 11.3 Å². The summed E-state index contributed by atoms with van der Waals surface area (Å²) in [5, 5.41) is 3.50. The first-order chi connectivity index (χ1) is 11.7. The van der Waals surface area contributed by atoms with Crippen LogP contribution in [0.25, 0.3) is 16.3 Å². The molecule has 120 valence electrons. The smallest absolute Gasteiger partial charge is 0.337 e. The number of esters is 1. The van der Waals surface area contributed by atoms with Crippen LogP contribution in [0.1, 0.15) is 15.4 Å². The number of para-hydroxylation sites is 1. The molecule has 6 heteroatoms. The first kappa shape index (κ1) is 15.9. The summed E-state index contributed by atoms with van der Waals surface area (Å²) in [6, 6.07) is 14.3. The molecule has 0 fully saturated rings. The van der Waals surface area contributed by atoms with Crippen molar-refractivity contribution in [2.75, 3.05) is 12.4 Å². The van der Waals surface area contributed by atoms with Crippen LogP contribution in [0, 0.1) is 0 Å². The van der Waals surface area contributed by atoms with Gasteiger partial charge in [-0.1, -0.05) is 12.1 Å². The quantitative estimate of drug-likeness (QED) is 0.581. The number of anilines is 1. The molecule has 1 heterocycles. The van der Waals surface area contributed by atoms with Crippen molar-refractivity contribution in [3.8, 4) is 0 Å². The number of carbonyl (C=O) groups is 2. The molecular weight excluding hydrogens is 324 g/mol. The lowest BCUT2D eigenvalue weighted by molar-refractivity contribution is -0.111. The van der Waals surface area contributed by atoms with Gasteiger partial charge in [0.2, 0.25) is 5.91 Å². The summed E-state index contributed by atoms with van der Waals surface area (Å²) in [6.45, 7) is 0. The zero-order valence-electron chi connectivity index (χ0n) is 12.9. The molecule has 0 aliphatic rings. The van der Waals surface area contributed by atoms with Gasteiger partial charge in [0.1, 0.15) is 5.01 Å². The van der Waals surface area contributed by atoms with Crippen LogP contribution in [0.3, 0.4) is 0 Å². The fourth-order valence-corrected chi connectivity index (χ4v) is 2.97. The second kappa shape index (κ2) is 7.06.